The summed E-state index contributed by atoms with van der Waals surface area (Å²) in [5.74, 6) is 1.22. The molecule has 0 radical (unpaired) electrons. The minimum Gasteiger partial charge on any atom is -0.386 e. The molecule has 0 amide bonds. The Hall–Kier alpha value is -3.48. The van der Waals surface area contributed by atoms with E-state index in [0.717, 1.165) is 76.1 Å². The molecule has 190 valence electrons. The number of ether oxygens (including phenoxy) is 1. The van der Waals surface area contributed by atoms with Crippen LogP contribution in [0.1, 0.15) is 55.3 Å². The van der Waals surface area contributed by atoms with Gasteiger partial charge in [-0.25, -0.2) is 0 Å². The van der Waals surface area contributed by atoms with Gasteiger partial charge in [-0.1, -0.05) is 47.6 Å². The van der Waals surface area contributed by atoms with Gasteiger partial charge in [-0.3, -0.25) is 4.98 Å². The summed E-state index contributed by atoms with van der Waals surface area (Å²) in [5.41, 5.74) is 7.16. The second kappa shape index (κ2) is 9.12. The van der Waals surface area contributed by atoms with Crippen LogP contribution in [0.15, 0.2) is 65.3 Å². The third-order valence-corrected chi connectivity index (χ3v) is 7.80. The fourth-order valence-corrected chi connectivity index (χ4v) is 5.90. The quantitative estimate of drug-likeness (QED) is 0.294. The van der Waals surface area contributed by atoms with Crippen molar-refractivity contribution in [2.45, 2.75) is 52.2 Å². The van der Waals surface area contributed by atoms with Crippen LogP contribution in [0.5, 0.6) is 0 Å². The first kappa shape index (κ1) is 23.9. The van der Waals surface area contributed by atoms with Crippen molar-refractivity contribution in [3.63, 3.8) is 0 Å². The maximum Gasteiger partial charge on any atom is 0.141 e. The molecule has 1 aliphatic heterocycles. The Morgan fingerprint density at radius 3 is 2.43 bits per heavy atom. The van der Waals surface area contributed by atoms with Crippen LogP contribution in [0, 0.1) is 19.8 Å². The Kier molecular flexibility index (Phi) is 5.89. The first-order chi connectivity index (χ1) is 17.8. The topological polar surface area (TPSA) is 73.3 Å². The molecule has 2 aromatic carbocycles. The van der Waals surface area contributed by atoms with Gasteiger partial charge in [-0.2, -0.15) is 0 Å². The average Bonchev–Trinajstić information content (AvgIpc) is 3.40. The van der Waals surface area contributed by atoms with Crippen molar-refractivity contribution in [1.29, 1.82) is 0 Å². The van der Waals surface area contributed by atoms with Crippen LogP contribution in [0.4, 0.5) is 0 Å². The van der Waals surface area contributed by atoms with Gasteiger partial charge in [0.25, 0.3) is 0 Å². The molecule has 0 unspecified atom stereocenters. The molecule has 6 rings (SSSR count). The van der Waals surface area contributed by atoms with E-state index in [1.165, 1.54) is 5.56 Å². The number of aliphatic hydroxyl groups is 1. The van der Waals surface area contributed by atoms with Crippen molar-refractivity contribution in [3.8, 4) is 11.1 Å². The van der Waals surface area contributed by atoms with Crippen LogP contribution in [0.2, 0.25) is 0 Å². The number of aryl methyl sites for hydroxylation is 2. The Labute approximate surface area is 216 Å². The molecular weight excluding hydrogens is 462 g/mol. The molecule has 6 nitrogen and oxygen atoms in total. The van der Waals surface area contributed by atoms with Gasteiger partial charge in [-0.15, -0.1) is 0 Å². The molecule has 1 saturated heterocycles. The summed E-state index contributed by atoms with van der Waals surface area (Å²) in [7, 11) is 0. The average molecular weight is 496 g/mol. The lowest BCUT2D eigenvalue weighted by Gasteiger charge is -2.33. The summed E-state index contributed by atoms with van der Waals surface area (Å²) in [6.45, 7) is 9.10. The summed E-state index contributed by atoms with van der Waals surface area (Å²) in [4.78, 5) is 4.91. The number of aromatic nitrogens is 3. The van der Waals surface area contributed by atoms with Crippen LogP contribution < -0.4 is 0 Å². The van der Waals surface area contributed by atoms with Gasteiger partial charge in [-0.05, 0) is 69.7 Å². The van der Waals surface area contributed by atoms with E-state index < -0.39 is 5.60 Å². The molecule has 6 heteroatoms. The molecule has 0 bridgehead atoms. The zero-order valence-electron chi connectivity index (χ0n) is 21.9. The van der Waals surface area contributed by atoms with Crippen molar-refractivity contribution < 1.29 is 14.4 Å². The lowest BCUT2D eigenvalue weighted by molar-refractivity contribution is 0.0552. The van der Waals surface area contributed by atoms with E-state index in [1.54, 1.807) is 6.20 Å². The van der Waals surface area contributed by atoms with Gasteiger partial charge in [0.05, 0.1) is 33.9 Å². The zero-order valence-corrected chi connectivity index (χ0v) is 21.9. The smallest absolute Gasteiger partial charge is 0.141 e. The SMILES string of the molecule is Cc1noc(C)c1-c1ccc2c3ncc(C(C)(C)O)cc3n([C@H](c3ccccc3)C3CCOCC3)c2c1. The van der Waals surface area contributed by atoms with Crippen molar-refractivity contribution in [1.82, 2.24) is 14.7 Å². The summed E-state index contributed by atoms with van der Waals surface area (Å²) >= 11 is 0. The molecule has 4 heterocycles. The molecule has 1 N–H and O–H groups in total. The number of rotatable bonds is 5. The maximum atomic E-state index is 10.9. The van der Waals surface area contributed by atoms with Gasteiger partial charge in [0, 0.05) is 35.9 Å². The Bertz CT molecular complexity index is 1550. The first-order valence-electron chi connectivity index (χ1n) is 13.1. The number of pyridine rings is 1. The number of fused-ring (bicyclic) bond motifs is 3. The van der Waals surface area contributed by atoms with E-state index in [0.29, 0.717) is 5.92 Å². The molecule has 0 spiro atoms. The fraction of sp³-hybridized carbons (Fsp3) is 0.355. The molecule has 1 fully saturated rings. The van der Waals surface area contributed by atoms with Gasteiger partial charge in [0.2, 0.25) is 0 Å². The highest BCUT2D eigenvalue weighted by atomic mass is 16.5. The monoisotopic (exact) mass is 495 g/mol. The largest absolute Gasteiger partial charge is 0.386 e. The molecular formula is C31H33N3O3. The van der Waals surface area contributed by atoms with Crippen LogP contribution in [0.25, 0.3) is 33.1 Å². The highest BCUT2D eigenvalue weighted by molar-refractivity contribution is 6.07. The molecule has 3 aromatic heterocycles. The van der Waals surface area contributed by atoms with E-state index in [2.05, 4.69) is 64.3 Å². The van der Waals surface area contributed by atoms with Crippen LogP contribution in [-0.2, 0) is 10.3 Å². The van der Waals surface area contributed by atoms with E-state index >= 15 is 0 Å². The first-order valence-corrected chi connectivity index (χ1v) is 13.1. The highest BCUT2D eigenvalue weighted by Crippen LogP contribution is 2.42. The molecule has 0 saturated carbocycles. The molecule has 37 heavy (non-hydrogen) atoms. The normalized spacial score (nSPS) is 16.0. The van der Waals surface area contributed by atoms with E-state index in [4.69, 9.17) is 14.2 Å². The summed E-state index contributed by atoms with van der Waals surface area (Å²) < 4.78 is 13.7. The van der Waals surface area contributed by atoms with Crippen LogP contribution in [-0.4, -0.2) is 33.0 Å². The van der Waals surface area contributed by atoms with E-state index in [9.17, 15) is 5.11 Å². The van der Waals surface area contributed by atoms with Crippen molar-refractivity contribution >= 4 is 21.9 Å². The van der Waals surface area contributed by atoms with Crippen LogP contribution >= 0.6 is 0 Å². The summed E-state index contributed by atoms with van der Waals surface area (Å²) in [5, 5.41) is 16.2. The molecule has 1 aliphatic rings. The minimum atomic E-state index is -0.995. The van der Waals surface area contributed by atoms with E-state index in [1.807, 2.05) is 27.7 Å². The standard InChI is InChI=1S/C31H33N3O3/c1-19-28(20(2)37-33-19)23-10-11-25-26(16-23)34(27-17-24(31(3,4)35)18-32-29(25)27)30(21-8-6-5-7-9-21)22-12-14-36-15-13-22/h5-11,16-18,22,30,35H,12-15H2,1-4H3/t30-/m1/s1. The second-order valence-electron chi connectivity index (χ2n) is 10.8. The summed E-state index contributed by atoms with van der Waals surface area (Å²) in [6, 6.07) is 19.5. The Morgan fingerprint density at radius 1 is 1.00 bits per heavy atom. The molecule has 5 aromatic rings. The second-order valence-corrected chi connectivity index (χ2v) is 10.8. The molecule has 0 aliphatic carbocycles. The number of nitrogens with zero attached hydrogens (tertiary/aromatic N) is 3. The molecule has 1 atom stereocenters. The minimum absolute atomic E-state index is 0.101. The van der Waals surface area contributed by atoms with Gasteiger partial charge in [0.1, 0.15) is 5.76 Å². The van der Waals surface area contributed by atoms with Gasteiger partial charge in [0.15, 0.2) is 0 Å². The predicted octanol–water partition coefficient (Wildman–Crippen LogP) is 6.70. The predicted molar refractivity (Wildman–Crippen MR) is 146 cm³/mol. The number of hydrogen-bond acceptors (Lipinski definition) is 5. The highest BCUT2D eigenvalue weighted by Gasteiger charge is 2.31. The Balaban J connectivity index is 1.69. The van der Waals surface area contributed by atoms with Gasteiger partial charge < -0.3 is 18.9 Å². The lowest BCUT2D eigenvalue weighted by Crippen LogP contribution is -2.27. The summed E-state index contributed by atoms with van der Waals surface area (Å²) in [6.07, 6.45) is 3.78. The van der Waals surface area contributed by atoms with Crippen molar-refractivity contribution in [3.05, 3.63) is 83.4 Å². The van der Waals surface area contributed by atoms with Crippen molar-refractivity contribution in [2.75, 3.05) is 13.2 Å². The zero-order chi connectivity index (χ0) is 25.7. The number of hydrogen-bond donors (Lipinski definition) is 1. The van der Waals surface area contributed by atoms with Gasteiger partial charge >= 0.3 is 0 Å². The lowest BCUT2D eigenvalue weighted by atomic mass is 9.86. The van der Waals surface area contributed by atoms with Crippen LogP contribution in [0.3, 0.4) is 0 Å². The van der Waals surface area contributed by atoms with Crippen molar-refractivity contribution in [2.24, 2.45) is 5.92 Å². The third kappa shape index (κ3) is 4.14. The third-order valence-electron chi connectivity index (χ3n) is 7.80. The number of benzene rings is 2. The van der Waals surface area contributed by atoms with E-state index in [-0.39, 0.29) is 6.04 Å². The maximum absolute atomic E-state index is 10.9. The Morgan fingerprint density at radius 2 is 1.76 bits per heavy atom. The fourth-order valence-electron chi connectivity index (χ4n) is 5.90.